The number of pyridine rings is 1. The fourth-order valence-corrected chi connectivity index (χ4v) is 4.89. The van der Waals surface area contributed by atoms with Crippen molar-refractivity contribution in [3.05, 3.63) is 44.7 Å². The smallest absolute Gasteiger partial charge is 0.303 e. The number of hydrogen-bond donors (Lipinski definition) is 1. The number of anilines is 1. The minimum Gasteiger partial charge on any atom is -0.481 e. The van der Waals surface area contributed by atoms with Crippen molar-refractivity contribution in [2.45, 2.75) is 19.8 Å². The summed E-state index contributed by atoms with van der Waals surface area (Å²) in [5.74, 6) is -0.739. The van der Waals surface area contributed by atoms with E-state index in [1.165, 1.54) is 9.30 Å². The molecule has 0 radical (unpaired) electrons. The zero-order valence-corrected chi connectivity index (χ0v) is 19.1. The summed E-state index contributed by atoms with van der Waals surface area (Å²) < 4.78 is 7.27. The number of rotatable bonds is 6. The Hall–Kier alpha value is -2.76. The van der Waals surface area contributed by atoms with Crippen molar-refractivity contribution >= 4 is 57.7 Å². The van der Waals surface area contributed by atoms with Gasteiger partial charge in [0, 0.05) is 32.3 Å². The number of fused-ring (bicyclic) bond motifs is 1. The number of hydrogen-bond acceptors (Lipinski definition) is 8. The molecule has 9 nitrogen and oxygen atoms in total. The van der Waals surface area contributed by atoms with Gasteiger partial charge >= 0.3 is 5.97 Å². The van der Waals surface area contributed by atoms with Gasteiger partial charge in [-0.2, -0.15) is 0 Å². The molecule has 2 aliphatic rings. The fraction of sp³-hybridized carbons (Fsp3) is 0.381. The zero-order valence-electron chi connectivity index (χ0n) is 17.4. The maximum absolute atomic E-state index is 13.4. The van der Waals surface area contributed by atoms with E-state index in [9.17, 15) is 14.4 Å². The summed E-state index contributed by atoms with van der Waals surface area (Å²) in [5, 5.41) is 8.85. The van der Waals surface area contributed by atoms with Crippen LogP contribution in [-0.2, 0) is 14.3 Å². The second-order valence-corrected chi connectivity index (χ2v) is 9.19. The van der Waals surface area contributed by atoms with Crippen LogP contribution in [0.3, 0.4) is 0 Å². The number of thioether (sulfide) groups is 1. The molecule has 2 aromatic rings. The van der Waals surface area contributed by atoms with Gasteiger partial charge in [-0.05, 0) is 31.1 Å². The molecule has 0 spiro atoms. The number of carbonyl (C=O) groups is 2. The van der Waals surface area contributed by atoms with Crippen molar-refractivity contribution in [3.63, 3.8) is 0 Å². The Bertz CT molecular complexity index is 1190. The maximum atomic E-state index is 13.4. The molecule has 2 aromatic heterocycles. The Balaban J connectivity index is 1.75. The lowest BCUT2D eigenvalue weighted by Crippen LogP contribution is -2.38. The summed E-state index contributed by atoms with van der Waals surface area (Å²) >= 11 is 6.44. The van der Waals surface area contributed by atoms with Crippen LogP contribution < -0.4 is 10.5 Å². The molecule has 0 atom stereocenters. The second kappa shape index (κ2) is 9.39. The van der Waals surface area contributed by atoms with E-state index in [1.807, 2.05) is 17.9 Å². The number of thiocarbonyl (C=S) groups is 1. The topological polar surface area (TPSA) is 104 Å². The zero-order chi connectivity index (χ0) is 22.8. The highest BCUT2D eigenvalue weighted by Gasteiger charge is 2.32. The summed E-state index contributed by atoms with van der Waals surface area (Å²) in [6.07, 6.45) is 3.54. The lowest BCUT2D eigenvalue weighted by molar-refractivity contribution is -0.137. The van der Waals surface area contributed by atoms with Crippen molar-refractivity contribution in [1.29, 1.82) is 0 Å². The van der Waals surface area contributed by atoms with Crippen molar-refractivity contribution in [2.24, 2.45) is 0 Å². The van der Waals surface area contributed by atoms with Gasteiger partial charge in [-0.3, -0.25) is 23.7 Å². The van der Waals surface area contributed by atoms with Crippen LogP contribution in [0, 0.1) is 6.92 Å². The first-order chi connectivity index (χ1) is 15.3. The third kappa shape index (κ3) is 4.54. The van der Waals surface area contributed by atoms with E-state index < -0.39 is 5.97 Å². The van der Waals surface area contributed by atoms with Gasteiger partial charge in [0.05, 0.1) is 23.7 Å². The van der Waals surface area contributed by atoms with Gasteiger partial charge in [0.15, 0.2) is 0 Å². The van der Waals surface area contributed by atoms with Gasteiger partial charge < -0.3 is 14.7 Å². The molecule has 168 valence electrons. The van der Waals surface area contributed by atoms with Crippen LogP contribution in [0.1, 0.15) is 24.0 Å². The van der Waals surface area contributed by atoms with E-state index in [-0.39, 0.29) is 24.4 Å². The Morgan fingerprint density at radius 1 is 1.31 bits per heavy atom. The van der Waals surface area contributed by atoms with E-state index in [2.05, 4.69) is 0 Å². The van der Waals surface area contributed by atoms with Gasteiger partial charge in [-0.25, -0.2) is 4.98 Å². The number of aromatic nitrogens is 2. The molecule has 0 aliphatic carbocycles. The Labute approximate surface area is 193 Å². The average molecular weight is 475 g/mol. The van der Waals surface area contributed by atoms with E-state index >= 15 is 0 Å². The van der Waals surface area contributed by atoms with Crippen molar-refractivity contribution in [1.82, 2.24) is 14.3 Å². The number of amides is 1. The monoisotopic (exact) mass is 474 g/mol. The standard InChI is InChI=1S/C21H22N4O5S2/c1-13-4-5-16-22-18(23-7-9-30-10-8-23)14(19(28)25(16)12-13)11-15-20(29)24(21(31)32-15)6-2-3-17(26)27/h4-5,11-12H,2-3,6-10H2,1H3,(H,26,27). The van der Waals surface area contributed by atoms with Crippen LogP contribution in [-0.4, -0.2) is 68.4 Å². The highest BCUT2D eigenvalue weighted by Crippen LogP contribution is 2.33. The Morgan fingerprint density at radius 2 is 2.06 bits per heavy atom. The van der Waals surface area contributed by atoms with Gasteiger partial charge in [0.1, 0.15) is 15.8 Å². The molecule has 1 amide bonds. The second-order valence-electron chi connectivity index (χ2n) is 7.52. The molecule has 0 aromatic carbocycles. The predicted octanol–water partition coefficient (Wildman–Crippen LogP) is 1.91. The normalized spacial score (nSPS) is 18.2. The fourth-order valence-electron chi connectivity index (χ4n) is 3.60. The summed E-state index contributed by atoms with van der Waals surface area (Å²) in [7, 11) is 0. The lowest BCUT2D eigenvalue weighted by atomic mass is 10.2. The van der Waals surface area contributed by atoms with Gasteiger partial charge in [-0.1, -0.05) is 30.0 Å². The predicted molar refractivity (Wildman–Crippen MR) is 126 cm³/mol. The van der Waals surface area contributed by atoms with E-state index in [0.29, 0.717) is 59.0 Å². The van der Waals surface area contributed by atoms with Crippen LogP contribution in [0.4, 0.5) is 5.82 Å². The van der Waals surface area contributed by atoms with Crippen molar-refractivity contribution in [2.75, 3.05) is 37.7 Å². The molecule has 2 saturated heterocycles. The Kier molecular flexibility index (Phi) is 6.58. The first-order valence-corrected chi connectivity index (χ1v) is 11.4. The molecule has 2 fully saturated rings. The maximum Gasteiger partial charge on any atom is 0.303 e. The van der Waals surface area contributed by atoms with Crippen LogP contribution in [0.5, 0.6) is 0 Å². The third-order valence-corrected chi connectivity index (χ3v) is 6.60. The third-order valence-electron chi connectivity index (χ3n) is 5.22. The number of carboxylic acids is 1. The molecule has 2 aliphatic heterocycles. The van der Waals surface area contributed by atoms with Crippen LogP contribution in [0.25, 0.3) is 11.7 Å². The van der Waals surface area contributed by atoms with E-state index in [4.69, 9.17) is 27.0 Å². The molecule has 4 heterocycles. The van der Waals surface area contributed by atoms with Gasteiger partial charge in [0.25, 0.3) is 11.5 Å². The first-order valence-electron chi connectivity index (χ1n) is 10.2. The highest BCUT2D eigenvalue weighted by molar-refractivity contribution is 8.26. The number of morpholine rings is 1. The number of ether oxygens (including phenoxy) is 1. The minimum absolute atomic E-state index is 0.0490. The van der Waals surface area contributed by atoms with Crippen LogP contribution in [0.2, 0.25) is 0 Å². The van der Waals surface area contributed by atoms with E-state index in [0.717, 1.165) is 17.3 Å². The van der Waals surface area contributed by atoms with Crippen molar-refractivity contribution in [3.8, 4) is 0 Å². The molecular weight excluding hydrogens is 452 g/mol. The molecule has 32 heavy (non-hydrogen) atoms. The number of aliphatic carboxylic acids is 1. The van der Waals surface area contributed by atoms with Crippen LogP contribution in [0.15, 0.2) is 28.0 Å². The van der Waals surface area contributed by atoms with E-state index in [1.54, 1.807) is 18.3 Å². The number of aryl methyl sites for hydroxylation is 1. The quantitative estimate of drug-likeness (QED) is 0.496. The molecule has 4 rings (SSSR count). The average Bonchev–Trinajstić information content (AvgIpc) is 3.03. The molecule has 0 bridgehead atoms. The highest BCUT2D eigenvalue weighted by atomic mass is 32.2. The molecular formula is C21H22N4O5S2. The molecule has 11 heteroatoms. The summed E-state index contributed by atoms with van der Waals surface area (Å²) in [4.78, 5) is 45.6. The first kappa shape index (κ1) is 22.4. The lowest BCUT2D eigenvalue weighted by Gasteiger charge is -2.29. The number of carbonyl (C=O) groups excluding carboxylic acids is 1. The largest absolute Gasteiger partial charge is 0.481 e. The van der Waals surface area contributed by atoms with Gasteiger partial charge in [-0.15, -0.1) is 0 Å². The SMILES string of the molecule is Cc1ccc2nc(N3CCOCC3)c(C=C3SC(=S)N(CCCC(=O)O)C3=O)c(=O)n2c1. The Morgan fingerprint density at radius 3 is 2.78 bits per heavy atom. The molecule has 0 saturated carbocycles. The summed E-state index contributed by atoms with van der Waals surface area (Å²) in [6, 6.07) is 3.69. The summed E-state index contributed by atoms with van der Waals surface area (Å²) in [6.45, 7) is 4.35. The minimum atomic E-state index is -0.924. The molecule has 0 unspecified atom stereocenters. The van der Waals surface area contributed by atoms with Crippen molar-refractivity contribution < 1.29 is 19.4 Å². The number of carboxylic acid groups (broad SMARTS) is 1. The number of nitrogens with zero attached hydrogens (tertiary/aromatic N) is 4. The van der Waals surface area contributed by atoms with Crippen LogP contribution >= 0.6 is 24.0 Å². The summed E-state index contributed by atoms with van der Waals surface area (Å²) in [5.41, 5.74) is 1.49. The molecule has 1 N–H and O–H groups in total. The van der Waals surface area contributed by atoms with Gasteiger partial charge in [0.2, 0.25) is 0 Å².